The highest BCUT2D eigenvalue weighted by Crippen LogP contribution is 2.30. The van der Waals surface area contributed by atoms with Crippen molar-refractivity contribution < 1.29 is 9.13 Å². The fourth-order valence-electron chi connectivity index (χ4n) is 3.12. The summed E-state index contributed by atoms with van der Waals surface area (Å²) < 4.78 is 19.2. The van der Waals surface area contributed by atoms with E-state index >= 15 is 0 Å². The van der Waals surface area contributed by atoms with E-state index in [1.807, 2.05) is 12.1 Å². The first-order chi connectivity index (χ1) is 10.2. The van der Waals surface area contributed by atoms with Crippen molar-refractivity contribution in [2.45, 2.75) is 38.3 Å². The summed E-state index contributed by atoms with van der Waals surface area (Å²) in [6, 6.07) is 5.76. The summed E-state index contributed by atoms with van der Waals surface area (Å²) in [6.45, 7) is 3.95. The van der Waals surface area contributed by atoms with E-state index in [0.29, 0.717) is 18.3 Å². The first kappa shape index (κ1) is 14.8. The molecule has 0 spiro atoms. The van der Waals surface area contributed by atoms with Crippen LogP contribution in [0, 0.1) is 11.7 Å². The van der Waals surface area contributed by atoms with Crippen molar-refractivity contribution in [1.29, 1.82) is 0 Å². The van der Waals surface area contributed by atoms with E-state index in [1.54, 1.807) is 7.11 Å². The van der Waals surface area contributed by atoms with Crippen LogP contribution in [0.3, 0.4) is 0 Å². The van der Waals surface area contributed by atoms with Crippen molar-refractivity contribution in [3.05, 3.63) is 29.6 Å². The minimum atomic E-state index is -0.158. The van der Waals surface area contributed by atoms with Crippen LogP contribution in [0.1, 0.15) is 31.2 Å². The Morgan fingerprint density at radius 3 is 2.76 bits per heavy atom. The van der Waals surface area contributed by atoms with Gasteiger partial charge in [-0.2, -0.15) is 0 Å². The number of nitrogens with zero attached hydrogens (tertiary/aromatic N) is 1. The number of rotatable bonds is 7. The average molecular weight is 292 g/mol. The zero-order chi connectivity index (χ0) is 14.7. The summed E-state index contributed by atoms with van der Waals surface area (Å²) in [5, 5.41) is 3.54. The van der Waals surface area contributed by atoms with Crippen LogP contribution < -0.4 is 10.1 Å². The highest BCUT2D eigenvalue weighted by molar-refractivity contribution is 5.28. The molecule has 3 nitrogen and oxygen atoms in total. The van der Waals surface area contributed by atoms with Gasteiger partial charge in [0.15, 0.2) is 0 Å². The zero-order valence-electron chi connectivity index (χ0n) is 12.8. The summed E-state index contributed by atoms with van der Waals surface area (Å²) in [5.41, 5.74) is 0.773. The minimum Gasteiger partial charge on any atom is -0.497 e. The van der Waals surface area contributed by atoms with Crippen LogP contribution in [0.4, 0.5) is 4.39 Å². The van der Waals surface area contributed by atoms with Crippen LogP contribution in [0.5, 0.6) is 5.75 Å². The van der Waals surface area contributed by atoms with E-state index < -0.39 is 0 Å². The van der Waals surface area contributed by atoms with E-state index in [1.165, 1.54) is 31.7 Å². The molecule has 0 aromatic heterocycles. The largest absolute Gasteiger partial charge is 0.497 e. The molecular weight excluding hydrogens is 267 g/mol. The van der Waals surface area contributed by atoms with Gasteiger partial charge in [0.1, 0.15) is 11.6 Å². The van der Waals surface area contributed by atoms with Gasteiger partial charge in [-0.05, 0) is 44.2 Å². The maximum absolute atomic E-state index is 14.1. The second-order valence-corrected chi connectivity index (χ2v) is 6.39. The third kappa shape index (κ3) is 4.17. The SMILES string of the molecule is COc1ccc(CN(CC2CC2)CC2CCCN2)c(F)c1. The lowest BCUT2D eigenvalue weighted by Crippen LogP contribution is -2.38. The summed E-state index contributed by atoms with van der Waals surface area (Å²) in [6.07, 6.45) is 5.17. The Morgan fingerprint density at radius 2 is 2.14 bits per heavy atom. The molecule has 1 aliphatic carbocycles. The molecule has 1 aliphatic heterocycles. The third-order valence-electron chi connectivity index (χ3n) is 4.51. The molecule has 0 bridgehead atoms. The molecule has 4 heteroatoms. The Labute approximate surface area is 126 Å². The van der Waals surface area contributed by atoms with Crippen LogP contribution in [0.25, 0.3) is 0 Å². The van der Waals surface area contributed by atoms with Crippen molar-refractivity contribution in [3.63, 3.8) is 0 Å². The van der Waals surface area contributed by atoms with Crippen LogP contribution in [-0.4, -0.2) is 37.7 Å². The Hall–Kier alpha value is -1.13. The molecule has 1 N–H and O–H groups in total. The lowest BCUT2D eigenvalue weighted by Gasteiger charge is -2.26. The standard InChI is InChI=1S/C17H25FN2O/c1-21-16-7-6-14(17(18)9-16)11-20(10-13-4-5-13)12-15-3-2-8-19-15/h6-7,9,13,15,19H,2-5,8,10-12H2,1H3. The van der Waals surface area contributed by atoms with E-state index in [-0.39, 0.29) is 5.82 Å². The molecule has 21 heavy (non-hydrogen) atoms. The van der Waals surface area contributed by atoms with Gasteiger partial charge in [0.25, 0.3) is 0 Å². The van der Waals surface area contributed by atoms with Gasteiger partial charge in [0.05, 0.1) is 7.11 Å². The monoisotopic (exact) mass is 292 g/mol. The fraction of sp³-hybridized carbons (Fsp3) is 0.647. The zero-order valence-corrected chi connectivity index (χ0v) is 12.8. The van der Waals surface area contributed by atoms with Crippen LogP contribution in [-0.2, 0) is 6.54 Å². The molecule has 2 fully saturated rings. The van der Waals surface area contributed by atoms with Crippen LogP contribution in [0.2, 0.25) is 0 Å². The Kier molecular flexibility index (Phi) is 4.76. The Balaban J connectivity index is 1.64. The summed E-state index contributed by atoms with van der Waals surface area (Å²) in [5.74, 6) is 1.25. The molecule has 1 saturated heterocycles. The summed E-state index contributed by atoms with van der Waals surface area (Å²) in [4.78, 5) is 2.42. The van der Waals surface area contributed by atoms with Gasteiger partial charge in [-0.25, -0.2) is 4.39 Å². The van der Waals surface area contributed by atoms with Crippen molar-refractivity contribution in [1.82, 2.24) is 10.2 Å². The molecule has 0 radical (unpaired) electrons. The number of benzene rings is 1. The third-order valence-corrected chi connectivity index (χ3v) is 4.51. The number of hydrogen-bond acceptors (Lipinski definition) is 3. The van der Waals surface area contributed by atoms with Crippen molar-refractivity contribution >= 4 is 0 Å². The molecule has 1 aromatic rings. The van der Waals surface area contributed by atoms with E-state index in [2.05, 4.69) is 10.2 Å². The highest BCUT2D eigenvalue weighted by Gasteiger charge is 2.27. The number of ether oxygens (including phenoxy) is 1. The van der Waals surface area contributed by atoms with Gasteiger partial charge in [-0.15, -0.1) is 0 Å². The molecule has 116 valence electrons. The molecular formula is C17H25FN2O. The number of hydrogen-bond donors (Lipinski definition) is 1. The first-order valence-corrected chi connectivity index (χ1v) is 8.03. The molecule has 0 amide bonds. The molecule has 1 atom stereocenters. The van der Waals surface area contributed by atoms with E-state index in [0.717, 1.165) is 31.1 Å². The predicted octanol–water partition coefficient (Wildman–Crippen LogP) is 2.80. The normalized spacial score (nSPS) is 22.0. The maximum atomic E-state index is 14.1. The molecule has 1 aromatic carbocycles. The molecule has 2 aliphatic rings. The number of nitrogens with one attached hydrogen (secondary N) is 1. The lowest BCUT2D eigenvalue weighted by molar-refractivity contribution is 0.229. The molecule has 3 rings (SSSR count). The van der Waals surface area contributed by atoms with Gasteiger partial charge in [0.2, 0.25) is 0 Å². The second kappa shape index (κ2) is 6.75. The van der Waals surface area contributed by atoms with Gasteiger partial charge in [0, 0.05) is 37.3 Å². The van der Waals surface area contributed by atoms with E-state index in [4.69, 9.17) is 4.74 Å². The van der Waals surface area contributed by atoms with Crippen molar-refractivity contribution in [3.8, 4) is 5.75 Å². The van der Waals surface area contributed by atoms with Crippen LogP contribution >= 0.6 is 0 Å². The second-order valence-electron chi connectivity index (χ2n) is 6.39. The van der Waals surface area contributed by atoms with E-state index in [9.17, 15) is 4.39 Å². The van der Waals surface area contributed by atoms with Crippen molar-refractivity contribution in [2.24, 2.45) is 5.92 Å². The van der Waals surface area contributed by atoms with Gasteiger partial charge in [-0.3, -0.25) is 4.90 Å². The number of halogens is 1. The highest BCUT2D eigenvalue weighted by atomic mass is 19.1. The number of methoxy groups -OCH3 is 1. The Bertz CT molecular complexity index is 470. The predicted molar refractivity (Wildman–Crippen MR) is 82.0 cm³/mol. The minimum absolute atomic E-state index is 0.158. The topological polar surface area (TPSA) is 24.5 Å². The van der Waals surface area contributed by atoms with Crippen LogP contribution in [0.15, 0.2) is 18.2 Å². The summed E-state index contributed by atoms with van der Waals surface area (Å²) >= 11 is 0. The molecule has 1 saturated carbocycles. The lowest BCUT2D eigenvalue weighted by atomic mass is 10.1. The molecule has 1 heterocycles. The average Bonchev–Trinajstić information content (AvgIpc) is 3.14. The Morgan fingerprint density at radius 1 is 1.29 bits per heavy atom. The van der Waals surface area contributed by atoms with Gasteiger partial charge >= 0.3 is 0 Å². The van der Waals surface area contributed by atoms with Crippen molar-refractivity contribution in [2.75, 3.05) is 26.7 Å². The maximum Gasteiger partial charge on any atom is 0.131 e. The summed E-state index contributed by atoms with van der Waals surface area (Å²) in [7, 11) is 1.57. The smallest absolute Gasteiger partial charge is 0.131 e. The fourth-order valence-corrected chi connectivity index (χ4v) is 3.12. The first-order valence-electron chi connectivity index (χ1n) is 8.03. The van der Waals surface area contributed by atoms with Gasteiger partial charge < -0.3 is 10.1 Å². The quantitative estimate of drug-likeness (QED) is 0.836. The van der Waals surface area contributed by atoms with Gasteiger partial charge in [-0.1, -0.05) is 6.07 Å². The molecule has 1 unspecified atom stereocenters.